The fraction of sp³-hybridized carbons (Fsp3) is 0.458. The van der Waals surface area contributed by atoms with E-state index in [9.17, 15) is 4.79 Å². The lowest BCUT2D eigenvalue weighted by Crippen LogP contribution is -3.29. The third kappa shape index (κ3) is 4.45. The molecule has 0 bridgehead atoms. The number of quaternary nitrogens is 2. The Hall–Kier alpha value is -2.17. The highest BCUT2D eigenvalue weighted by molar-refractivity contribution is 5.80. The maximum Gasteiger partial charge on any atom is 0.278 e. The summed E-state index contributed by atoms with van der Waals surface area (Å²) in [7, 11) is 0. The van der Waals surface area contributed by atoms with E-state index in [1.165, 1.54) is 21.6 Å². The van der Waals surface area contributed by atoms with Crippen molar-refractivity contribution in [2.45, 2.75) is 44.8 Å². The molecule has 1 aliphatic carbocycles. The zero-order chi connectivity index (χ0) is 19.3. The zero-order valence-electron chi connectivity index (χ0n) is 16.9. The summed E-state index contributed by atoms with van der Waals surface area (Å²) in [5, 5.41) is 3.36. The van der Waals surface area contributed by atoms with Gasteiger partial charge in [-0.05, 0) is 37.3 Å². The Morgan fingerprint density at radius 2 is 1.75 bits per heavy atom. The van der Waals surface area contributed by atoms with Gasteiger partial charge in [0.25, 0.3) is 5.91 Å². The fourth-order valence-corrected chi connectivity index (χ4v) is 4.80. The normalized spacial score (nSPS) is 25.5. The molecule has 1 amide bonds. The molecule has 0 saturated carbocycles. The van der Waals surface area contributed by atoms with E-state index < -0.39 is 0 Å². The van der Waals surface area contributed by atoms with Crippen LogP contribution in [0.15, 0.2) is 54.6 Å². The number of rotatable bonds is 5. The predicted molar refractivity (Wildman–Crippen MR) is 111 cm³/mol. The monoisotopic (exact) mass is 379 g/mol. The molecule has 2 atom stereocenters. The van der Waals surface area contributed by atoms with Crippen LogP contribution >= 0.6 is 0 Å². The molecule has 3 N–H and O–H groups in total. The van der Waals surface area contributed by atoms with Crippen molar-refractivity contribution in [1.82, 2.24) is 5.32 Å². The molecule has 4 heteroatoms. The number of piperazine rings is 1. The average molecular weight is 380 g/mol. The Kier molecular flexibility index (Phi) is 6.08. The van der Waals surface area contributed by atoms with Crippen molar-refractivity contribution in [3.05, 3.63) is 71.3 Å². The average Bonchev–Trinajstić information content (AvgIpc) is 2.75. The number of nitrogens with one attached hydrogen (secondary N) is 3. The Labute approximate surface area is 168 Å². The van der Waals surface area contributed by atoms with Gasteiger partial charge in [-0.2, -0.15) is 0 Å². The van der Waals surface area contributed by atoms with Crippen molar-refractivity contribution in [3.8, 4) is 0 Å². The molecule has 0 aromatic heterocycles. The summed E-state index contributed by atoms with van der Waals surface area (Å²) in [6.45, 7) is 7.59. The van der Waals surface area contributed by atoms with Gasteiger partial charge in [0.2, 0.25) is 0 Å². The van der Waals surface area contributed by atoms with Crippen LogP contribution in [-0.2, 0) is 17.8 Å². The number of fused-ring (bicyclic) bond motifs is 1. The first kappa shape index (κ1) is 19.2. The lowest BCUT2D eigenvalue weighted by Gasteiger charge is -2.34. The number of hydrogen-bond donors (Lipinski definition) is 3. The molecule has 148 valence electrons. The summed E-state index contributed by atoms with van der Waals surface area (Å²) in [6, 6.07) is 19.5. The highest BCUT2D eigenvalue weighted by atomic mass is 16.2. The second-order valence-electron chi connectivity index (χ2n) is 8.44. The van der Waals surface area contributed by atoms with Crippen LogP contribution in [-0.4, -0.2) is 38.1 Å². The molecular weight excluding hydrogens is 346 g/mol. The van der Waals surface area contributed by atoms with Gasteiger partial charge < -0.3 is 15.1 Å². The Balaban J connectivity index is 1.29. The fourth-order valence-electron chi connectivity index (χ4n) is 4.80. The van der Waals surface area contributed by atoms with Gasteiger partial charge in [0.05, 0.1) is 6.04 Å². The van der Waals surface area contributed by atoms with Crippen molar-refractivity contribution in [1.29, 1.82) is 0 Å². The predicted octanol–water partition coefficient (Wildman–Crippen LogP) is 0.552. The van der Waals surface area contributed by atoms with Gasteiger partial charge in [-0.25, -0.2) is 0 Å². The number of amides is 1. The van der Waals surface area contributed by atoms with Crippen LogP contribution in [0.5, 0.6) is 0 Å². The second-order valence-corrected chi connectivity index (χ2v) is 8.44. The van der Waals surface area contributed by atoms with Crippen LogP contribution < -0.4 is 15.1 Å². The Morgan fingerprint density at radius 3 is 2.54 bits per heavy atom. The van der Waals surface area contributed by atoms with Gasteiger partial charge in [-0.15, -0.1) is 0 Å². The maximum absolute atomic E-state index is 13.0. The summed E-state index contributed by atoms with van der Waals surface area (Å²) in [6.07, 6.45) is 3.35. The number of benzene rings is 2. The van der Waals surface area contributed by atoms with E-state index >= 15 is 0 Å². The topological polar surface area (TPSA) is 38.0 Å². The minimum absolute atomic E-state index is 0.0207. The third-order valence-electron chi connectivity index (χ3n) is 6.59. The first-order valence-electron chi connectivity index (χ1n) is 10.8. The molecule has 0 radical (unpaired) electrons. The van der Waals surface area contributed by atoms with Crippen LogP contribution in [0.3, 0.4) is 0 Å². The molecule has 1 aliphatic heterocycles. The van der Waals surface area contributed by atoms with Crippen molar-refractivity contribution in [2.24, 2.45) is 0 Å². The van der Waals surface area contributed by atoms with E-state index in [-0.39, 0.29) is 18.0 Å². The maximum atomic E-state index is 13.0. The van der Waals surface area contributed by atoms with E-state index in [1.807, 2.05) is 0 Å². The Morgan fingerprint density at radius 1 is 1.04 bits per heavy atom. The number of carbonyl (C=O) groups is 1. The summed E-state index contributed by atoms with van der Waals surface area (Å²) in [5.41, 5.74) is 4.13. The number of carbonyl (C=O) groups excluding carboxylic acids is 1. The smallest absolute Gasteiger partial charge is 0.278 e. The molecule has 4 nitrogen and oxygen atoms in total. The van der Waals surface area contributed by atoms with E-state index in [1.54, 1.807) is 4.90 Å². The SMILES string of the molecule is C[C@H](C(=O)N[C@@H]1CCCc2ccccc21)[NH+]1CC[NH+](Cc2ccccc2)CC1. The van der Waals surface area contributed by atoms with Gasteiger partial charge in [0, 0.05) is 5.56 Å². The van der Waals surface area contributed by atoms with Gasteiger partial charge in [-0.3, -0.25) is 4.79 Å². The molecular formula is C24H33N3O+2. The van der Waals surface area contributed by atoms with Crippen molar-refractivity contribution in [2.75, 3.05) is 26.2 Å². The van der Waals surface area contributed by atoms with Crippen molar-refractivity contribution in [3.63, 3.8) is 0 Å². The van der Waals surface area contributed by atoms with Crippen LogP contribution in [0.2, 0.25) is 0 Å². The van der Waals surface area contributed by atoms with Crippen molar-refractivity contribution < 1.29 is 14.6 Å². The summed E-state index contributed by atoms with van der Waals surface area (Å²) < 4.78 is 0. The van der Waals surface area contributed by atoms with Gasteiger partial charge >= 0.3 is 0 Å². The van der Waals surface area contributed by atoms with E-state index in [4.69, 9.17) is 0 Å². The standard InChI is InChI=1S/C24H31N3O/c1-19(24(28)25-23-13-7-11-21-10-5-6-12-22(21)23)27-16-14-26(15-17-27)18-20-8-3-2-4-9-20/h2-6,8-10,12,19,23H,7,11,13-18H2,1H3,(H,25,28)/p+2/t19-,23-/m1/s1. The van der Waals surface area contributed by atoms with E-state index in [0.717, 1.165) is 52.0 Å². The lowest BCUT2D eigenvalue weighted by atomic mass is 9.87. The quantitative estimate of drug-likeness (QED) is 0.698. The van der Waals surface area contributed by atoms with Gasteiger partial charge in [-0.1, -0.05) is 54.6 Å². The first-order valence-corrected chi connectivity index (χ1v) is 10.8. The first-order chi connectivity index (χ1) is 13.7. The second kappa shape index (κ2) is 8.89. The number of aryl methyl sites for hydroxylation is 1. The van der Waals surface area contributed by atoms with Crippen LogP contribution in [0.4, 0.5) is 0 Å². The zero-order valence-corrected chi connectivity index (χ0v) is 16.9. The summed E-state index contributed by atoms with van der Waals surface area (Å²) >= 11 is 0. The highest BCUT2D eigenvalue weighted by Gasteiger charge is 2.32. The molecule has 2 aliphatic rings. The highest BCUT2D eigenvalue weighted by Crippen LogP contribution is 2.29. The molecule has 1 saturated heterocycles. The van der Waals surface area contributed by atoms with Gasteiger partial charge in [0.15, 0.2) is 6.04 Å². The molecule has 0 spiro atoms. The molecule has 1 fully saturated rings. The van der Waals surface area contributed by atoms with Gasteiger partial charge in [0.1, 0.15) is 32.7 Å². The molecule has 2 aromatic carbocycles. The van der Waals surface area contributed by atoms with Crippen molar-refractivity contribution >= 4 is 5.91 Å². The van der Waals surface area contributed by atoms with E-state index in [0.29, 0.717) is 0 Å². The minimum Gasteiger partial charge on any atom is -0.344 e. The molecule has 2 aromatic rings. The largest absolute Gasteiger partial charge is 0.344 e. The van der Waals surface area contributed by atoms with E-state index in [2.05, 4.69) is 66.8 Å². The summed E-state index contributed by atoms with van der Waals surface area (Å²) in [5.74, 6) is 0.211. The van der Waals surface area contributed by atoms with Crippen LogP contribution in [0, 0.1) is 0 Å². The summed E-state index contributed by atoms with van der Waals surface area (Å²) in [4.78, 5) is 16.0. The molecule has 28 heavy (non-hydrogen) atoms. The molecule has 0 unspecified atom stereocenters. The molecule has 1 heterocycles. The third-order valence-corrected chi connectivity index (χ3v) is 6.59. The Bertz CT molecular complexity index is 783. The lowest BCUT2D eigenvalue weighted by molar-refractivity contribution is -1.02. The molecule has 4 rings (SSSR count). The minimum atomic E-state index is 0.0207. The van der Waals surface area contributed by atoms with Crippen LogP contribution in [0.1, 0.15) is 42.5 Å². The van der Waals surface area contributed by atoms with Crippen LogP contribution in [0.25, 0.3) is 0 Å². The number of hydrogen-bond acceptors (Lipinski definition) is 1.